The van der Waals surface area contributed by atoms with E-state index in [1.165, 1.54) is 42.7 Å². The van der Waals surface area contributed by atoms with Gasteiger partial charge in [0.1, 0.15) is 5.75 Å². The molecule has 1 N–H and O–H groups in total. The summed E-state index contributed by atoms with van der Waals surface area (Å²) in [5, 5.41) is 2.82. The van der Waals surface area contributed by atoms with Crippen LogP contribution in [0.25, 0.3) is 0 Å². The van der Waals surface area contributed by atoms with E-state index in [4.69, 9.17) is 4.74 Å². The molecule has 1 heterocycles. The molecule has 9 nitrogen and oxygen atoms in total. The summed E-state index contributed by atoms with van der Waals surface area (Å²) in [6.45, 7) is 0.356. The Hall–Kier alpha value is -2.47. The molecular weight excluding hydrogens is 454 g/mol. The fourth-order valence-electron chi connectivity index (χ4n) is 3.44. The van der Waals surface area contributed by atoms with E-state index < -0.39 is 26.0 Å². The van der Waals surface area contributed by atoms with Crippen molar-refractivity contribution in [2.75, 3.05) is 39.6 Å². The van der Waals surface area contributed by atoms with Crippen LogP contribution in [-0.2, 0) is 24.8 Å². The van der Waals surface area contributed by atoms with Gasteiger partial charge in [-0.15, -0.1) is 0 Å². The molecule has 0 unspecified atom stereocenters. The smallest absolute Gasteiger partial charge is 0.243 e. The number of hydrogen-bond acceptors (Lipinski definition) is 6. The number of methoxy groups -OCH3 is 1. The minimum Gasteiger partial charge on any atom is -0.497 e. The topological polar surface area (TPSA) is 113 Å². The van der Waals surface area contributed by atoms with Gasteiger partial charge in [0, 0.05) is 32.9 Å². The predicted molar refractivity (Wildman–Crippen MR) is 120 cm³/mol. The quantitative estimate of drug-likeness (QED) is 0.647. The number of anilines is 1. The Morgan fingerprint density at radius 2 is 1.59 bits per heavy atom. The lowest BCUT2D eigenvalue weighted by Gasteiger charge is -2.31. The van der Waals surface area contributed by atoms with Crippen molar-refractivity contribution in [3.05, 3.63) is 48.5 Å². The summed E-state index contributed by atoms with van der Waals surface area (Å²) in [4.78, 5) is 12.7. The van der Waals surface area contributed by atoms with E-state index in [1.54, 1.807) is 31.4 Å². The van der Waals surface area contributed by atoms with Crippen LogP contribution in [0.3, 0.4) is 0 Å². The standard InChI is InChI=1S/C21H27N3O6S2/c1-23(2)31(26,27)19-10-12-20(13-11-19)32(28,29)24-14-4-5-16(15-24)21(25)22-17-6-8-18(30-3)9-7-17/h6-13,16H,4-5,14-15H2,1-3H3,(H,22,25)/t16-/m0/s1. The molecule has 0 saturated carbocycles. The molecule has 3 rings (SSSR count). The SMILES string of the molecule is COc1ccc(NC(=O)[C@H]2CCCN(S(=O)(=O)c3ccc(S(=O)(=O)N(C)C)cc3)C2)cc1. The van der Waals surface area contributed by atoms with Crippen LogP contribution in [0.1, 0.15) is 12.8 Å². The van der Waals surface area contributed by atoms with E-state index in [2.05, 4.69) is 5.32 Å². The largest absolute Gasteiger partial charge is 0.497 e. The van der Waals surface area contributed by atoms with Gasteiger partial charge in [0.15, 0.2) is 0 Å². The minimum atomic E-state index is -3.86. The Morgan fingerprint density at radius 3 is 2.16 bits per heavy atom. The number of ether oxygens (including phenoxy) is 1. The second-order valence-electron chi connectivity index (χ2n) is 7.68. The number of hydrogen-bond donors (Lipinski definition) is 1. The summed E-state index contributed by atoms with van der Waals surface area (Å²) in [5.41, 5.74) is 0.605. The van der Waals surface area contributed by atoms with Crippen LogP contribution in [0.15, 0.2) is 58.3 Å². The van der Waals surface area contributed by atoms with Crippen molar-refractivity contribution >= 4 is 31.6 Å². The Bertz CT molecular complexity index is 1160. The summed E-state index contributed by atoms with van der Waals surface area (Å²) < 4.78 is 58.1. The molecule has 0 bridgehead atoms. The third kappa shape index (κ3) is 5.12. The maximum absolute atomic E-state index is 13.1. The molecule has 2 aromatic rings. The van der Waals surface area contributed by atoms with Gasteiger partial charge in [0.05, 0.1) is 22.8 Å². The van der Waals surface area contributed by atoms with Gasteiger partial charge in [-0.1, -0.05) is 0 Å². The highest BCUT2D eigenvalue weighted by Crippen LogP contribution is 2.26. The molecule has 2 aromatic carbocycles. The van der Waals surface area contributed by atoms with Crippen molar-refractivity contribution in [2.24, 2.45) is 5.92 Å². The van der Waals surface area contributed by atoms with Crippen molar-refractivity contribution in [2.45, 2.75) is 22.6 Å². The molecule has 32 heavy (non-hydrogen) atoms. The summed E-state index contributed by atoms with van der Waals surface area (Å²) in [5.74, 6) is -0.0705. The van der Waals surface area contributed by atoms with E-state index in [-0.39, 0.29) is 22.2 Å². The molecule has 0 aromatic heterocycles. The average Bonchev–Trinajstić information content (AvgIpc) is 2.79. The lowest BCUT2D eigenvalue weighted by Crippen LogP contribution is -2.43. The van der Waals surface area contributed by atoms with Crippen molar-refractivity contribution in [3.8, 4) is 5.75 Å². The van der Waals surface area contributed by atoms with Crippen LogP contribution in [0.5, 0.6) is 5.75 Å². The van der Waals surface area contributed by atoms with Crippen LogP contribution < -0.4 is 10.1 Å². The van der Waals surface area contributed by atoms with Gasteiger partial charge in [0.2, 0.25) is 26.0 Å². The number of benzene rings is 2. The molecule has 0 radical (unpaired) electrons. The number of carbonyl (C=O) groups excluding carboxylic acids is 1. The average molecular weight is 482 g/mol. The van der Waals surface area contributed by atoms with Gasteiger partial charge in [-0.3, -0.25) is 4.79 Å². The third-order valence-corrected chi connectivity index (χ3v) is 9.06. The number of rotatable bonds is 7. The fourth-order valence-corrected chi connectivity index (χ4v) is 5.86. The van der Waals surface area contributed by atoms with Gasteiger partial charge in [-0.05, 0) is 61.4 Å². The molecule has 1 atom stereocenters. The number of carbonyl (C=O) groups is 1. The van der Waals surface area contributed by atoms with Crippen LogP contribution in [0.2, 0.25) is 0 Å². The molecular formula is C21H27N3O6S2. The molecule has 1 saturated heterocycles. The zero-order valence-electron chi connectivity index (χ0n) is 18.2. The molecule has 1 aliphatic rings. The Labute approximate surface area is 189 Å². The van der Waals surface area contributed by atoms with Gasteiger partial charge >= 0.3 is 0 Å². The monoisotopic (exact) mass is 481 g/mol. The van der Waals surface area contributed by atoms with Crippen LogP contribution in [0, 0.1) is 5.92 Å². The highest BCUT2D eigenvalue weighted by Gasteiger charge is 2.33. The zero-order chi connectivity index (χ0) is 23.5. The molecule has 1 fully saturated rings. The number of piperidine rings is 1. The number of sulfonamides is 2. The van der Waals surface area contributed by atoms with Crippen molar-refractivity contribution in [3.63, 3.8) is 0 Å². The summed E-state index contributed by atoms with van der Waals surface area (Å²) >= 11 is 0. The second kappa shape index (κ2) is 9.57. The number of amides is 1. The summed E-state index contributed by atoms with van der Waals surface area (Å²) in [7, 11) is -3.15. The van der Waals surface area contributed by atoms with Gasteiger partial charge in [-0.25, -0.2) is 21.1 Å². The molecule has 11 heteroatoms. The summed E-state index contributed by atoms with van der Waals surface area (Å²) in [6.07, 6.45) is 1.13. The zero-order valence-corrected chi connectivity index (χ0v) is 19.8. The second-order valence-corrected chi connectivity index (χ2v) is 11.8. The molecule has 1 amide bonds. The van der Waals surface area contributed by atoms with E-state index in [9.17, 15) is 21.6 Å². The van der Waals surface area contributed by atoms with Crippen molar-refractivity contribution in [1.29, 1.82) is 0 Å². The van der Waals surface area contributed by atoms with E-state index >= 15 is 0 Å². The molecule has 0 spiro atoms. The fraction of sp³-hybridized carbons (Fsp3) is 0.381. The molecule has 0 aliphatic carbocycles. The normalized spacial score (nSPS) is 17.8. The van der Waals surface area contributed by atoms with Gasteiger partial charge < -0.3 is 10.1 Å². The Morgan fingerprint density at radius 1 is 1.00 bits per heavy atom. The molecule has 1 aliphatic heterocycles. The van der Waals surface area contributed by atoms with Crippen molar-refractivity contribution < 1.29 is 26.4 Å². The first kappa shape index (κ1) is 24.2. The van der Waals surface area contributed by atoms with E-state index in [0.717, 1.165) is 4.31 Å². The van der Waals surface area contributed by atoms with Crippen molar-refractivity contribution in [1.82, 2.24) is 8.61 Å². The minimum absolute atomic E-state index is 0.00795. The van der Waals surface area contributed by atoms with Crippen LogP contribution in [-0.4, -0.2) is 65.6 Å². The van der Waals surface area contributed by atoms with Crippen LogP contribution >= 0.6 is 0 Å². The molecule has 174 valence electrons. The predicted octanol–water partition coefficient (Wildman–Crippen LogP) is 1.98. The van der Waals surface area contributed by atoms with E-state index in [0.29, 0.717) is 30.8 Å². The first-order valence-corrected chi connectivity index (χ1v) is 12.9. The Kier molecular flexibility index (Phi) is 7.23. The number of nitrogens with one attached hydrogen (secondary N) is 1. The van der Waals surface area contributed by atoms with Gasteiger partial charge in [0.25, 0.3) is 0 Å². The lowest BCUT2D eigenvalue weighted by molar-refractivity contribution is -0.120. The van der Waals surface area contributed by atoms with Crippen LogP contribution in [0.4, 0.5) is 5.69 Å². The summed E-state index contributed by atoms with van der Waals surface area (Å²) in [6, 6.07) is 12.0. The first-order valence-electron chi connectivity index (χ1n) is 10.0. The maximum atomic E-state index is 13.1. The lowest BCUT2D eigenvalue weighted by atomic mass is 9.99. The first-order chi connectivity index (χ1) is 15.1. The maximum Gasteiger partial charge on any atom is 0.243 e. The van der Waals surface area contributed by atoms with Gasteiger partial charge in [-0.2, -0.15) is 4.31 Å². The Balaban J connectivity index is 1.72. The number of nitrogens with zero attached hydrogens (tertiary/aromatic N) is 2. The highest BCUT2D eigenvalue weighted by atomic mass is 32.2. The highest BCUT2D eigenvalue weighted by molar-refractivity contribution is 7.89. The third-order valence-electron chi connectivity index (χ3n) is 5.35. The van der Waals surface area contributed by atoms with E-state index in [1.807, 2.05) is 0 Å².